The fourth-order valence-corrected chi connectivity index (χ4v) is 2.89. The van der Waals surface area contributed by atoms with Crippen LogP contribution in [0.4, 0.5) is 27.8 Å². The number of benzene rings is 1. The predicted molar refractivity (Wildman–Crippen MR) is 109 cm³/mol. The van der Waals surface area contributed by atoms with Crippen LogP contribution in [0.25, 0.3) is 0 Å². The minimum atomic E-state index is -1.22. The first-order chi connectivity index (χ1) is 13.1. The van der Waals surface area contributed by atoms with Gasteiger partial charge in [-0.25, -0.2) is 14.8 Å². The summed E-state index contributed by atoms with van der Waals surface area (Å²) in [6.07, 6.45) is 0.674. The van der Waals surface area contributed by atoms with Gasteiger partial charge in [-0.1, -0.05) is 13.8 Å². The molecule has 0 saturated carbocycles. The molecule has 1 heterocycles. The zero-order valence-corrected chi connectivity index (χ0v) is 16.7. The van der Waals surface area contributed by atoms with Crippen LogP contribution in [0.2, 0.25) is 0 Å². The largest absolute Gasteiger partial charge is 0.465 e. The average molecular weight is 386 g/mol. The maximum Gasteiger partial charge on any atom is 0.410 e. The monoisotopic (exact) mass is 386 g/mol. The van der Waals surface area contributed by atoms with Gasteiger partial charge in [0.25, 0.3) is 5.91 Å². The molecule has 9 nitrogen and oxygen atoms in total. The standard InChI is InChI=1S/C19H26N6O3/c1-10(2)6-12-16(18(26)25(4)5)11(3)7-13(17(12)20)23-14-8-15(22-9-21-14)24-19(27)28/h7-10H,6,20H2,1-5H3,(H,27,28)(H2,21,22,23,24). The van der Waals surface area contributed by atoms with Crippen LogP contribution < -0.4 is 16.4 Å². The molecule has 2 amide bonds. The second-order valence-electron chi connectivity index (χ2n) is 7.15. The van der Waals surface area contributed by atoms with Crippen molar-refractivity contribution in [2.45, 2.75) is 27.2 Å². The Balaban J connectivity index is 2.50. The van der Waals surface area contributed by atoms with Gasteiger partial charge < -0.3 is 21.1 Å². The van der Waals surface area contributed by atoms with Crippen molar-refractivity contribution in [3.8, 4) is 0 Å². The van der Waals surface area contributed by atoms with Crippen LogP contribution in [0.15, 0.2) is 18.5 Å². The molecule has 0 aliphatic heterocycles. The number of rotatable bonds is 6. The van der Waals surface area contributed by atoms with E-state index in [1.165, 1.54) is 17.3 Å². The molecule has 150 valence electrons. The molecule has 28 heavy (non-hydrogen) atoms. The highest BCUT2D eigenvalue weighted by Crippen LogP contribution is 2.33. The number of carboxylic acid groups (broad SMARTS) is 1. The lowest BCUT2D eigenvalue weighted by Crippen LogP contribution is -2.25. The molecule has 0 fully saturated rings. The van der Waals surface area contributed by atoms with Crippen LogP contribution in [0.5, 0.6) is 0 Å². The Kier molecular flexibility index (Phi) is 6.40. The average Bonchev–Trinajstić information content (AvgIpc) is 2.58. The molecule has 1 aromatic heterocycles. The fraction of sp³-hybridized carbons (Fsp3) is 0.368. The minimum Gasteiger partial charge on any atom is -0.465 e. The van der Waals surface area contributed by atoms with E-state index < -0.39 is 6.09 Å². The van der Waals surface area contributed by atoms with Crippen LogP contribution in [0.1, 0.15) is 35.3 Å². The molecule has 0 saturated heterocycles. The van der Waals surface area contributed by atoms with E-state index in [4.69, 9.17) is 10.8 Å². The Morgan fingerprint density at radius 3 is 2.43 bits per heavy atom. The van der Waals surface area contributed by atoms with E-state index in [2.05, 4.69) is 34.4 Å². The van der Waals surface area contributed by atoms with Gasteiger partial charge >= 0.3 is 6.09 Å². The zero-order valence-electron chi connectivity index (χ0n) is 16.7. The topological polar surface area (TPSA) is 133 Å². The van der Waals surface area contributed by atoms with Crippen molar-refractivity contribution in [1.82, 2.24) is 14.9 Å². The van der Waals surface area contributed by atoms with Gasteiger partial charge in [0.1, 0.15) is 18.0 Å². The molecule has 0 unspecified atom stereocenters. The molecule has 0 radical (unpaired) electrons. The first-order valence-electron chi connectivity index (χ1n) is 8.82. The number of anilines is 4. The molecule has 0 spiro atoms. The summed E-state index contributed by atoms with van der Waals surface area (Å²) < 4.78 is 0. The van der Waals surface area contributed by atoms with Gasteiger partial charge in [0.2, 0.25) is 0 Å². The quantitative estimate of drug-likeness (QED) is 0.560. The third-order valence-corrected chi connectivity index (χ3v) is 4.07. The van der Waals surface area contributed by atoms with Crippen LogP contribution >= 0.6 is 0 Å². The molecule has 1 aromatic carbocycles. The van der Waals surface area contributed by atoms with Gasteiger partial charge in [-0.15, -0.1) is 0 Å². The molecule has 0 aliphatic carbocycles. The number of carbonyl (C=O) groups is 2. The molecule has 0 aliphatic rings. The van der Waals surface area contributed by atoms with Crippen molar-refractivity contribution in [2.75, 3.05) is 30.5 Å². The van der Waals surface area contributed by atoms with Crippen LogP contribution in [0.3, 0.4) is 0 Å². The third kappa shape index (κ3) is 4.87. The van der Waals surface area contributed by atoms with E-state index in [1.54, 1.807) is 20.2 Å². The molecule has 9 heteroatoms. The maximum atomic E-state index is 12.7. The normalized spacial score (nSPS) is 10.6. The van der Waals surface area contributed by atoms with Crippen molar-refractivity contribution in [3.63, 3.8) is 0 Å². The molecular weight excluding hydrogens is 360 g/mol. The summed E-state index contributed by atoms with van der Waals surface area (Å²) in [5, 5.41) is 14.1. The first kappa shape index (κ1) is 20.9. The van der Waals surface area contributed by atoms with E-state index in [1.807, 2.05) is 6.92 Å². The molecule has 2 rings (SSSR count). The van der Waals surface area contributed by atoms with Crippen molar-refractivity contribution < 1.29 is 14.7 Å². The van der Waals surface area contributed by atoms with Crippen molar-refractivity contribution in [1.29, 1.82) is 0 Å². The molecule has 0 atom stereocenters. The number of carbonyl (C=O) groups excluding carboxylic acids is 1. The van der Waals surface area contributed by atoms with Crippen LogP contribution in [-0.2, 0) is 6.42 Å². The van der Waals surface area contributed by atoms with E-state index >= 15 is 0 Å². The summed E-state index contributed by atoms with van der Waals surface area (Å²) in [7, 11) is 3.42. The second kappa shape index (κ2) is 8.55. The lowest BCUT2D eigenvalue weighted by atomic mass is 9.91. The van der Waals surface area contributed by atoms with E-state index in [0.29, 0.717) is 35.1 Å². The van der Waals surface area contributed by atoms with Gasteiger partial charge in [-0.3, -0.25) is 10.1 Å². The Morgan fingerprint density at radius 2 is 1.86 bits per heavy atom. The highest BCUT2D eigenvalue weighted by Gasteiger charge is 2.22. The Bertz CT molecular complexity index is 895. The zero-order chi connectivity index (χ0) is 21.0. The summed E-state index contributed by atoms with van der Waals surface area (Å²) in [6.45, 7) is 5.99. The van der Waals surface area contributed by atoms with Crippen LogP contribution in [0, 0.1) is 12.8 Å². The molecule has 0 bridgehead atoms. The van der Waals surface area contributed by atoms with Crippen molar-refractivity contribution in [2.24, 2.45) is 5.92 Å². The lowest BCUT2D eigenvalue weighted by molar-refractivity contribution is 0.0825. The number of amides is 2. The molecule has 5 N–H and O–H groups in total. The van der Waals surface area contributed by atoms with Gasteiger partial charge in [-0.05, 0) is 36.5 Å². The summed E-state index contributed by atoms with van der Waals surface area (Å²) in [4.78, 5) is 33.0. The number of hydrogen-bond acceptors (Lipinski definition) is 6. The van der Waals surface area contributed by atoms with Gasteiger partial charge in [0, 0.05) is 25.7 Å². The van der Waals surface area contributed by atoms with E-state index in [9.17, 15) is 9.59 Å². The van der Waals surface area contributed by atoms with E-state index in [0.717, 1.165) is 11.1 Å². The lowest BCUT2D eigenvalue weighted by Gasteiger charge is -2.22. The summed E-state index contributed by atoms with van der Waals surface area (Å²) in [6, 6.07) is 3.26. The Morgan fingerprint density at radius 1 is 1.21 bits per heavy atom. The summed E-state index contributed by atoms with van der Waals surface area (Å²) >= 11 is 0. The van der Waals surface area contributed by atoms with E-state index in [-0.39, 0.29) is 11.7 Å². The molecular formula is C19H26N6O3. The number of aromatic nitrogens is 2. The number of nitrogens with one attached hydrogen (secondary N) is 2. The molecule has 2 aromatic rings. The van der Waals surface area contributed by atoms with Gasteiger partial charge in [-0.2, -0.15) is 0 Å². The van der Waals surface area contributed by atoms with Crippen LogP contribution in [-0.4, -0.2) is 46.1 Å². The number of nitrogens with zero attached hydrogens (tertiary/aromatic N) is 3. The van der Waals surface area contributed by atoms with Gasteiger partial charge in [0.15, 0.2) is 0 Å². The fourth-order valence-electron chi connectivity index (χ4n) is 2.89. The summed E-state index contributed by atoms with van der Waals surface area (Å²) in [5.41, 5.74) is 9.68. The number of hydrogen-bond donors (Lipinski definition) is 4. The third-order valence-electron chi connectivity index (χ3n) is 4.07. The first-order valence-corrected chi connectivity index (χ1v) is 8.82. The van der Waals surface area contributed by atoms with Gasteiger partial charge in [0.05, 0.1) is 11.4 Å². The number of nitrogens with two attached hydrogens (primary N) is 1. The smallest absolute Gasteiger partial charge is 0.410 e. The SMILES string of the molecule is Cc1cc(Nc2cc(NC(=O)O)ncn2)c(N)c(CC(C)C)c1C(=O)N(C)C. The Hall–Kier alpha value is -3.36. The second-order valence-corrected chi connectivity index (χ2v) is 7.15. The predicted octanol–water partition coefficient (Wildman–Crippen LogP) is 3.10. The minimum absolute atomic E-state index is 0.0959. The Labute approximate surface area is 164 Å². The highest BCUT2D eigenvalue weighted by atomic mass is 16.4. The maximum absolute atomic E-state index is 12.7. The number of nitrogen functional groups attached to an aromatic ring is 1. The number of aryl methyl sites for hydroxylation is 1. The summed E-state index contributed by atoms with van der Waals surface area (Å²) in [5.74, 6) is 0.728. The van der Waals surface area contributed by atoms with Crippen molar-refractivity contribution >= 4 is 35.0 Å². The van der Waals surface area contributed by atoms with Crippen molar-refractivity contribution in [3.05, 3.63) is 35.2 Å². The highest BCUT2D eigenvalue weighted by molar-refractivity contribution is 6.00.